The van der Waals surface area contributed by atoms with E-state index in [1.165, 1.54) is 13.8 Å². The molecule has 3 aliphatic heterocycles. The third-order valence-electron chi connectivity index (χ3n) is 8.83. The summed E-state index contributed by atoms with van der Waals surface area (Å²) in [5.74, 6) is -1.09. The van der Waals surface area contributed by atoms with Crippen LogP contribution in [-0.2, 0) is 19.1 Å². The lowest BCUT2D eigenvalue weighted by atomic mass is 9.97. The number of ether oxygens (including phenoxy) is 2. The first kappa shape index (κ1) is 34.9. The van der Waals surface area contributed by atoms with Crippen LogP contribution >= 0.6 is 0 Å². The number of amidine groups is 2. The minimum Gasteiger partial charge on any atom is -0.479 e. The molecule has 3 aliphatic rings. The Balaban J connectivity index is 1.17. The van der Waals surface area contributed by atoms with Crippen molar-refractivity contribution in [2.24, 2.45) is 15.5 Å². The maximum Gasteiger partial charge on any atom is 0.474 e. The normalized spacial score (nSPS) is 21.3. The van der Waals surface area contributed by atoms with Crippen LogP contribution < -0.4 is 5.43 Å². The molecule has 1 saturated heterocycles. The maximum atomic E-state index is 13.8. The monoisotopic (exact) mass is 659 g/mol. The van der Waals surface area contributed by atoms with E-state index in [-0.39, 0.29) is 18.0 Å². The van der Waals surface area contributed by atoms with Crippen LogP contribution in [0.2, 0.25) is 0 Å². The highest BCUT2D eigenvalue weighted by molar-refractivity contribution is 6.08. The predicted octanol–water partition coefficient (Wildman–Crippen LogP) is 5.10. The fraction of sp³-hybridized carbons (Fsp3) is 0.472. The molecule has 2 amide bonds. The van der Waals surface area contributed by atoms with E-state index < -0.39 is 40.2 Å². The van der Waals surface area contributed by atoms with Crippen molar-refractivity contribution in [3.63, 3.8) is 0 Å². The van der Waals surface area contributed by atoms with Gasteiger partial charge in [0.05, 0.1) is 11.5 Å². The Labute approximate surface area is 282 Å². The van der Waals surface area contributed by atoms with Crippen LogP contribution in [0.25, 0.3) is 0 Å². The number of hydrazone groups is 1. The number of likely N-dealkylation sites (tertiary alicyclic amines) is 1. The van der Waals surface area contributed by atoms with Crippen LogP contribution in [0.3, 0.4) is 0 Å². The predicted molar refractivity (Wildman–Crippen MR) is 182 cm³/mol. The number of rotatable bonds is 12. The Morgan fingerprint density at radius 1 is 1.00 bits per heavy atom. The SMILES string of the molecule is CC(C)(C)C(=O)OC[N+]12NC(=NCCCN3CCC(OC(c4ccccc4)c4ccccc4)CC3)C=CC1=NN(C(C)(C)C(=O)O)C2=O. The molecule has 5 rings (SSSR count). The largest absolute Gasteiger partial charge is 0.479 e. The summed E-state index contributed by atoms with van der Waals surface area (Å²) < 4.78 is 11.6. The fourth-order valence-electron chi connectivity index (χ4n) is 5.76. The summed E-state index contributed by atoms with van der Waals surface area (Å²) >= 11 is 0. The number of nitrogens with zero attached hydrogens (tertiary/aromatic N) is 5. The number of carboxylic acids is 1. The highest BCUT2D eigenvalue weighted by Gasteiger charge is 2.60. The number of carbonyl (C=O) groups is 3. The summed E-state index contributed by atoms with van der Waals surface area (Å²) in [4.78, 5) is 45.5. The Hall–Kier alpha value is -4.39. The molecule has 1 unspecified atom stereocenters. The molecular weight excluding hydrogens is 612 g/mol. The van der Waals surface area contributed by atoms with Crippen molar-refractivity contribution in [3.05, 3.63) is 83.9 Å². The van der Waals surface area contributed by atoms with Crippen LogP contribution in [0.5, 0.6) is 0 Å². The molecule has 1 fully saturated rings. The standard InChI is InChI=1S/C36H46N6O6/c1-35(2,3)33(45)47-25-42-30(38-41(34(42)46)36(4,5)32(43)44)18-17-29(39-42)37-21-12-22-40-23-19-28(20-24-40)48-31(26-13-8-6-9-14-26)27-15-10-7-11-16-27/h6-11,13-18,28,31H,12,19-25H2,1-5H3,(H-,37,39,43,44)/p+1. The number of aliphatic imine (C=N–C) groups is 1. The third kappa shape index (κ3) is 7.67. The zero-order chi connectivity index (χ0) is 34.5. The van der Waals surface area contributed by atoms with E-state index in [1.807, 2.05) is 36.4 Å². The highest BCUT2D eigenvalue weighted by Crippen LogP contribution is 2.31. The van der Waals surface area contributed by atoms with Gasteiger partial charge in [-0.25, -0.2) is 9.59 Å². The van der Waals surface area contributed by atoms with E-state index in [1.54, 1.807) is 32.9 Å². The second-order valence-electron chi connectivity index (χ2n) is 14.0. The molecular formula is C36H47N6O6+. The van der Waals surface area contributed by atoms with Gasteiger partial charge in [-0.15, -0.1) is 5.10 Å². The quantitative estimate of drug-likeness (QED) is 0.183. The first-order valence-corrected chi connectivity index (χ1v) is 16.5. The molecule has 12 heteroatoms. The number of esters is 1. The number of hydrogen-bond acceptors (Lipinski definition) is 8. The van der Waals surface area contributed by atoms with Gasteiger partial charge in [0, 0.05) is 25.7 Å². The van der Waals surface area contributed by atoms with E-state index in [2.05, 4.69) is 39.7 Å². The van der Waals surface area contributed by atoms with Gasteiger partial charge >= 0.3 is 18.0 Å². The molecule has 2 N–H and O–H groups in total. The molecule has 3 heterocycles. The van der Waals surface area contributed by atoms with E-state index >= 15 is 0 Å². The van der Waals surface area contributed by atoms with Crippen molar-refractivity contribution in [1.82, 2.24) is 15.3 Å². The molecule has 0 spiro atoms. The molecule has 0 saturated carbocycles. The van der Waals surface area contributed by atoms with E-state index in [0.29, 0.717) is 12.4 Å². The summed E-state index contributed by atoms with van der Waals surface area (Å²) in [6.07, 6.45) is 6.05. The van der Waals surface area contributed by atoms with Crippen molar-refractivity contribution in [3.8, 4) is 0 Å². The van der Waals surface area contributed by atoms with Gasteiger partial charge in [0.2, 0.25) is 0 Å². The molecule has 0 aliphatic carbocycles. The van der Waals surface area contributed by atoms with Gasteiger partial charge in [-0.2, -0.15) is 10.4 Å². The van der Waals surface area contributed by atoms with Crippen molar-refractivity contribution in [2.45, 2.75) is 71.6 Å². The van der Waals surface area contributed by atoms with Crippen LogP contribution in [-0.4, -0.2) is 93.8 Å². The molecule has 0 aromatic heterocycles. The minimum absolute atomic E-state index is 0.103. The van der Waals surface area contributed by atoms with Gasteiger partial charge in [0.15, 0.2) is 11.4 Å². The van der Waals surface area contributed by atoms with Gasteiger partial charge in [-0.3, -0.25) is 9.79 Å². The lowest BCUT2D eigenvalue weighted by Gasteiger charge is -2.34. The Kier molecular flexibility index (Phi) is 10.5. The molecule has 0 bridgehead atoms. The van der Waals surface area contributed by atoms with Crippen LogP contribution in [0.4, 0.5) is 4.79 Å². The van der Waals surface area contributed by atoms with Gasteiger partial charge in [0.25, 0.3) is 12.6 Å². The van der Waals surface area contributed by atoms with Gasteiger partial charge in [-0.05, 0) is 77.6 Å². The molecule has 48 heavy (non-hydrogen) atoms. The fourth-order valence-corrected chi connectivity index (χ4v) is 5.76. The lowest BCUT2D eigenvalue weighted by molar-refractivity contribution is -0.813. The first-order valence-electron chi connectivity index (χ1n) is 16.5. The number of piperidine rings is 1. The second kappa shape index (κ2) is 14.4. The van der Waals surface area contributed by atoms with E-state index in [4.69, 9.17) is 14.5 Å². The number of hydrogen-bond donors (Lipinski definition) is 2. The number of amides is 2. The summed E-state index contributed by atoms with van der Waals surface area (Å²) in [7, 11) is 0. The molecule has 1 atom stereocenters. The Bertz CT molecular complexity index is 1520. The van der Waals surface area contributed by atoms with Crippen molar-refractivity contribution >= 4 is 29.6 Å². The molecule has 2 aromatic rings. The maximum absolute atomic E-state index is 13.8. The number of carboxylic acid groups (broad SMARTS) is 1. The highest BCUT2D eigenvalue weighted by atomic mass is 16.6. The lowest BCUT2D eigenvalue weighted by Crippen LogP contribution is -2.69. The molecule has 0 radical (unpaired) electrons. The average Bonchev–Trinajstić information content (AvgIpc) is 3.37. The number of fused-ring (bicyclic) bond motifs is 1. The zero-order valence-electron chi connectivity index (χ0n) is 28.5. The minimum atomic E-state index is -1.63. The number of urea groups is 1. The molecule has 256 valence electrons. The Morgan fingerprint density at radius 3 is 2.17 bits per heavy atom. The zero-order valence-corrected chi connectivity index (χ0v) is 28.5. The molecule has 12 nitrogen and oxygen atoms in total. The Morgan fingerprint density at radius 2 is 1.60 bits per heavy atom. The number of benzene rings is 2. The number of aliphatic carboxylic acids is 1. The van der Waals surface area contributed by atoms with Gasteiger partial charge < -0.3 is 19.5 Å². The smallest absolute Gasteiger partial charge is 0.474 e. The van der Waals surface area contributed by atoms with Gasteiger partial charge in [-0.1, -0.05) is 65.3 Å². The summed E-state index contributed by atoms with van der Waals surface area (Å²) in [6, 6.07) is 20.0. The second-order valence-corrected chi connectivity index (χ2v) is 14.0. The van der Waals surface area contributed by atoms with E-state index in [0.717, 1.165) is 55.0 Å². The summed E-state index contributed by atoms with van der Waals surface area (Å²) in [6.45, 7) is 10.8. The van der Waals surface area contributed by atoms with Crippen molar-refractivity contribution in [2.75, 3.05) is 32.9 Å². The first-order chi connectivity index (χ1) is 22.8. The van der Waals surface area contributed by atoms with Crippen LogP contribution in [0.15, 0.2) is 82.9 Å². The third-order valence-corrected chi connectivity index (χ3v) is 8.83. The number of quaternary nitrogens is 1. The van der Waals surface area contributed by atoms with E-state index in [9.17, 15) is 19.5 Å². The number of carbonyl (C=O) groups excluding carboxylic acids is 2. The average molecular weight is 660 g/mol. The number of nitrogens with one attached hydrogen (secondary N) is 1. The molecule has 2 aromatic carbocycles. The van der Waals surface area contributed by atoms with Crippen molar-refractivity contribution < 1.29 is 33.6 Å². The van der Waals surface area contributed by atoms with Crippen LogP contribution in [0, 0.1) is 5.41 Å². The summed E-state index contributed by atoms with van der Waals surface area (Å²) in [5, 5.41) is 15.0. The van der Waals surface area contributed by atoms with Crippen molar-refractivity contribution in [1.29, 1.82) is 0 Å². The van der Waals surface area contributed by atoms with Crippen LogP contribution in [0.1, 0.15) is 71.1 Å². The van der Waals surface area contributed by atoms with Gasteiger partial charge in [0.1, 0.15) is 6.10 Å². The topological polar surface area (TPSA) is 133 Å². The summed E-state index contributed by atoms with van der Waals surface area (Å²) in [5.41, 5.74) is 2.97.